The van der Waals surface area contributed by atoms with Crippen LogP contribution in [-0.2, 0) is 0 Å². The summed E-state index contributed by atoms with van der Waals surface area (Å²) in [6, 6.07) is 12.3. The normalized spacial score (nSPS) is 11.9. The van der Waals surface area contributed by atoms with E-state index in [2.05, 4.69) is 5.32 Å². The fourth-order valence-corrected chi connectivity index (χ4v) is 2.32. The molecule has 0 aliphatic carbocycles. The van der Waals surface area contributed by atoms with Gasteiger partial charge in [0.2, 0.25) is 0 Å². The summed E-state index contributed by atoms with van der Waals surface area (Å²) < 4.78 is 0. The zero-order chi connectivity index (χ0) is 14.7. The minimum Gasteiger partial charge on any atom is -0.378 e. The molecule has 0 saturated carbocycles. The maximum Gasteiger partial charge on any atom is 0.271 e. The first-order chi connectivity index (χ1) is 9.49. The molecule has 0 spiro atoms. The van der Waals surface area contributed by atoms with Crippen molar-refractivity contribution in [3.05, 3.63) is 68.7 Å². The third-order valence-corrected chi connectivity index (χ3v) is 3.52. The van der Waals surface area contributed by atoms with Gasteiger partial charge in [0.15, 0.2) is 0 Å². The Morgan fingerprint density at radius 3 is 2.60 bits per heavy atom. The molecule has 1 atom stereocenters. The molecule has 2 aromatic rings. The molecule has 0 heterocycles. The van der Waals surface area contributed by atoms with Crippen LogP contribution in [0.25, 0.3) is 0 Å². The molecule has 0 aromatic heterocycles. The molecule has 2 aromatic carbocycles. The van der Waals surface area contributed by atoms with Crippen LogP contribution in [0, 0.1) is 17.0 Å². The number of nitro benzene ring substituents is 1. The van der Waals surface area contributed by atoms with Crippen LogP contribution in [0.2, 0.25) is 5.02 Å². The summed E-state index contributed by atoms with van der Waals surface area (Å²) in [4.78, 5) is 10.4. The second kappa shape index (κ2) is 5.92. The molecule has 0 aliphatic rings. The summed E-state index contributed by atoms with van der Waals surface area (Å²) >= 11 is 6.16. The third-order valence-electron chi connectivity index (χ3n) is 3.18. The van der Waals surface area contributed by atoms with Gasteiger partial charge in [-0.25, -0.2) is 0 Å². The molecule has 2 rings (SSSR count). The molecule has 0 fully saturated rings. The number of hydrogen-bond donors (Lipinski definition) is 1. The lowest BCUT2D eigenvalue weighted by Gasteiger charge is -2.18. The van der Waals surface area contributed by atoms with Crippen LogP contribution < -0.4 is 5.32 Å². The lowest BCUT2D eigenvalue weighted by Crippen LogP contribution is -2.08. The first kappa shape index (κ1) is 14.3. The Balaban J connectivity index is 2.28. The van der Waals surface area contributed by atoms with E-state index in [1.54, 1.807) is 12.1 Å². The molecule has 0 radical (unpaired) electrons. The van der Waals surface area contributed by atoms with Crippen molar-refractivity contribution in [1.82, 2.24) is 0 Å². The smallest absolute Gasteiger partial charge is 0.271 e. The van der Waals surface area contributed by atoms with E-state index in [0.29, 0.717) is 5.02 Å². The molecule has 0 amide bonds. The van der Waals surface area contributed by atoms with Crippen LogP contribution in [0.4, 0.5) is 11.4 Å². The van der Waals surface area contributed by atoms with E-state index in [4.69, 9.17) is 11.6 Å². The quantitative estimate of drug-likeness (QED) is 0.654. The number of nitro groups is 1. The summed E-state index contributed by atoms with van der Waals surface area (Å²) in [6.07, 6.45) is 0. The summed E-state index contributed by atoms with van der Waals surface area (Å²) in [5, 5.41) is 14.8. The van der Waals surface area contributed by atoms with Crippen LogP contribution in [0.15, 0.2) is 42.5 Å². The first-order valence-electron chi connectivity index (χ1n) is 6.25. The van der Waals surface area contributed by atoms with E-state index in [1.165, 1.54) is 6.07 Å². The Kier molecular flexibility index (Phi) is 4.25. The van der Waals surface area contributed by atoms with Gasteiger partial charge < -0.3 is 5.32 Å². The van der Waals surface area contributed by atoms with Gasteiger partial charge in [0.1, 0.15) is 0 Å². The van der Waals surface area contributed by atoms with Gasteiger partial charge >= 0.3 is 0 Å². The van der Waals surface area contributed by atoms with Crippen LogP contribution in [-0.4, -0.2) is 4.92 Å². The minimum absolute atomic E-state index is 0.0376. The van der Waals surface area contributed by atoms with Gasteiger partial charge in [0.25, 0.3) is 5.69 Å². The highest BCUT2D eigenvalue weighted by Crippen LogP contribution is 2.29. The van der Waals surface area contributed by atoms with Crippen molar-refractivity contribution in [2.45, 2.75) is 19.9 Å². The standard InChI is InChI=1S/C15H15ClN2O2/c1-10-7-8-12(18(19)20)9-15(10)17-11(2)13-5-3-4-6-14(13)16/h3-9,11,17H,1-2H3. The summed E-state index contributed by atoms with van der Waals surface area (Å²) in [5.41, 5.74) is 2.73. The topological polar surface area (TPSA) is 55.2 Å². The van der Waals surface area contributed by atoms with E-state index in [-0.39, 0.29) is 11.7 Å². The zero-order valence-corrected chi connectivity index (χ0v) is 12.0. The van der Waals surface area contributed by atoms with Crippen molar-refractivity contribution >= 4 is 23.0 Å². The molecular formula is C15H15ClN2O2. The zero-order valence-electron chi connectivity index (χ0n) is 11.3. The lowest BCUT2D eigenvalue weighted by molar-refractivity contribution is -0.384. The molecule has 104 valence electrons. The monoisotopic (exact) mass is 290 g/mol. The maximum atomic E-state index is 10.8. The van der Waals surface area contributed by atoms with E-state index in [0.717, 1.165) is 16.8 Å². The Bertz CT molecular complexity index is 644. The number of halogens is 1. The Morgan fingerprint density at radius 1 is 1.25 bits per heavy atom. The SMILES string of the molecule is Cc1ccc([N+](=O)[O-])cc1NC(C)c1ccccc1Cl. The highest BCUT2D eigenvalue weighted by molar-refractivity contribution is 6.31. The number of benzene rings is 2. The molecule has 1 N–H and O–H groups in total. The molecule has 20 heavy (non-hydrogen) atoms. The van der Waals surface area contributed by atoms with Crippen molar-refractivity contribution in [2.75, 3.05) is 5.32 Å². The molecule has 0 bridgehead atoms. The number of hydrogen-bond acceptors (Lipinski definition) is 3. The van der Waals surface area contributed by atoms with Crippen LogP contribution >= 0.6 is 11.6 Å². The van der Waals surface area contributed by atoms with Crippen LogP contribution in [0.5, 0.6) is 0 Å². The number of nitrogens with one attached hydrogen (secondary N) is 1. The van der Waals surface area contributed by atoms with Crippen LogP contribution in [0.3, 0.4) is 0 Å². The number of aryl methyl sites for hydroxylation is 1. The van der Waals surface area contributed by atoms with Gasteiger partial charge in [-0.05, 0) is 31.0 Å². The van der Waals surface area contributed by atoms with Crippen molar-refractivity contribution in [3.8, 4) is 0 Å². The first-order valence-corrected chi connectivity index (χ1v) is 6.63. The summed E-state index contributed by atoms with van der Waals surface area (Å²) in [6.45, 7) is 3.88. The van der Waals surface area contributed by atoms with Crippen molar-refractivity contribution < 1.29 is 4.92 Å². The third kappa shape index (κ3) is 3.08. The van der Waals surface area contributed by atoms with Crippen molar-refractivity contribution in [2.24, 2.45) is 0 Å². The largest absolute Gasteiger partial charge is 0.378 e. The van der Waals surface area contributed by atoms with E-state index in [9.17, 15) is 10.1 Å². The van der Waals surface area contributed by atoms with Gasteiger partial charge in [0.05, 0.1) is 11.0 Å². The molecule has 0 saturated heterocycles. The average molecular weight is 291 g/mol. The van der Waals surface area contributed by atoms with Gasteiger partial charge in [-0.3, -0.25) is 10.1 Å². The van der Waals surface area contributed by atoms with Gasteiger partial charge in [0, 0.05) is 22.8 Å². The van der Waals surface area contributed by atoms with E-state index in [1.807, 2.05) is 38.1 Å². The Labute approximate surface area is 122 Å². The van der Waals surface area contributed by atoms with E-state index >= 15 is 0 Å². The Hall–Kier alpha value is -2.07. The molecule has 0 aliphatic heterocycles. The molecule has 1 unspecified atom stereocenters. The predicted octanol–water partition coefficient (Wildman–Crippen LogP) is 4.73. The number of nitrogens with zero attached hydrogens (tertiary/aromatic N) is 1. The van der Waals surface area contributed by atoms with Crippen molar-refractivity contribution in [1.29, 1.82) is 0 Å². The van der Waals surface area contributed by atoms with Gasteiger partial charge in [-0.1, -0.05) is 35.9 Å². The fraction of sp³-hybridized carbons (Fsp3) is 0.200. The van der Waals surface area contributed by atoms with Gasteiger partial charge in [-0.15, -0.1) is 0 Å². The lowest BCUT2D eigenvalue weighted by atomic mass is 10.1. The number of non-ortho nitro benzene ring substituents is 1. The average Bonchev–Trinajstić information content (AvgIpc) is 2.41. The summed E-state index contributed by atoms with van der Waals surface area (Å²) in [5.74, 6) is 0. The number of rotatable bonds is 4. The summed E-state index contributed by atoms with van der Waals surface area (Å²) in [7, 11) is 0. The highest BCUT2D eigenvalue weighted by atomic mass is 35.5. The van der Waals surface area contributed by atoms with Crippen LogP contribution in [0.1, 0.15) is 24.1 Å². The molecular weight excluding hydrogens is 276 g/mol. The highest BCUT2D eigenvalue weighted by Gasteiger charge is 2.13. The van der Waals surface area contributed by atoms with E-state index < -0.39 is 4.92 Å². The predicted molar refractivity (Wildman–Crippen MR) is 81.3 cm³/mol. The van der Waals surface area contributed by atoms with Crippen molar-refractivity contribution in [3.63, 3.8) is 0 Å². The van der Waals surface area contributed by atoms with Gasteiger partial charge in [-0.2, -0.15) is 0 Å². The second-order valence-electron chi connectivity index (χ2n) is 4.64. The minimum atomic E-state index is -0.398. The Morgan fingerprint density at radius 2 is 1.95 bits per heavy atom. The molecule has 5 heteroatoms. The molecule has 4 nitrogen and oxygen atoms in total. The number of anilines is 1. The second-order valence-corrected chi connectivity index (χ2v) is 5.05. The fourth-order valence-electron chi connectivity index (χ4n) is 2.02. The maximum absolute atomic E-state index is 10.8.